The van der Waals surface area contributed by atoms with Gasteiger partial charge < -0.3 is 10.5 Å². The number of carbonyl (C=O) groups is 1. The van der Waals surface area contributed by atoms with Crippen LogP contribution in [0.2, 0.25) is 5.02 Å². The van der Waals surface area contributed by atoms with Gasteiger partial charge in [-0.2, -0.15) is 5.26 Å². The fourth-order valence-electron chi connectivity index (χ4n) is 5.76. The second kappa shape index (κ2) is 10.4. The number of benzene rings is 2. The Morgan fingerprint density at radius 2 is 2.00 bits per heavy atom. The Kier molecular flexibility index (Phi) is 7.16. The fourth-order valence-corrected chi connectivity index (χ4v) is 5.98. The van der Waals surface area contributed by atoms with E-state index in [9.17, 15) is 14.4 Å². The van der Waals surface area contributed by atoms with Crippen molar-refractivity contribution in [2.75, 3.05) is 4.90 Å². The van der Waals surface area contributed by atoms with Crippen LogP contribution in [0, 0.1) is 36.4 Å². The van der Waals surface area contributed by atoms with Crippen LogP contribution in [0.25, 0.3) is 0 Å². The summed E-state index contributed by atoms with van der Waals surface area (Å²) in [4.78, 5) is 20.0. The minimum Gasteiger partial charge on any atom is -0.487 e. The van der Waals surface area contributed by atoms with E-state index in [1.165, 1.54) is 18.2 Å². The van der Waals surface area contributed by atoms with E-state index in [-0.39, 0.29) is 22.8 Å². The highest BCUT2D eigenvalue weighted by molar-refractivity contribution is 6.32. The molecule has 0 radical (unpaired) electrons. The van der Waals surface area contributed by atoms with Crippen molar-refractivity contribution in [2.24, 2.45) is 11.1 Å². The summed E-state index contributed by atoms with van der Waals surface area (Å²) in [6, 6.07) is 14.0. The van der Waals surface area contributed by atoms with Gasteiger partial charge in [0.1, 0.15) is 24.0 Å². The molecule has 1 aliphatic carbocycles. The predicted octanol–water partition coefficient (Wildman–Crippen LogP) is 7.01. The third-order valence-corrected chi connectivity index (χ3v) is 7.87. The first-order valence-electron chi connectivity index (χ1n) is 13.0. The maximum absolute atomic E-state index is 13.9. The van der Waals surface area contributed by atoms with E-state index in [4.69, 9.17) is 22.1 Å². The maximum atomic E-state index is 13.9. The third-order valence-electron chi connectivity index (χ3n) is 7.57. The molecule has 0 bridgehead atoms. The monoisotopic (exact) mass is 556 g/mol. The summed E-state index contributed by atoms with van der Waals surface area (Å²) in [5.74, 6) is -0.401. The van der Waals surface area contributed by atoms with Crippen molar-refractivity contribution in [3.05, 3.63) is 111 Å². The molecule has 2 aromatic carbocycles. The number of aromatic nitrogens is 1. The van der Waals surface area contributed by atoms with Crippen LogP contribution in [0.3, 0.4) is 0 Å². The van der Waals surface area contributed by atoms with E-state index in [0.29, 0.717) is 41.2 Å². The zero-order valence-electron chi connectivity index (χ0n) is 22.9. The molecule has 0 saturated carbocycles. The fraction of sp³-hybridized carbons (Fsp3) is 0.281. The molecule has 1 atom stereocenters. The average molecular weight is 557 g/mol. The lowest BCUT2D eigenvalue weighted by Gasteiger charge is -2.44. The Bertz CT molecular complexity index is 1620. The van der Waals surface area contributed by atoms with Gasteiger partial charge >= 0.3 is 0 Å². The minimum atomic E-state index is -0.621. The normalized spacial score (nSPS) is 18.5. The van der Waals surface area contributed by atoms with Crippen molar-refractivity contribution in [1.29, 1.82) is 5.26 Å². The predicted molar refractivity (Wildman–Crippen MR) is 153 cm³/mol. The number of allylic oxidation sites excluding steroid dienone is 3. The lowest BCUT2D eigenvalue weighted by molar-refractivity contribution is -0.118. The number of carbonyl (C=O) groups excluding carboxylic acids is 1. The van der Waals surface area contributed by atoms with E-state index in [1.54, 1.807) is 18.5 Å². The molecule has 0 spiro atoms. The Hall–Kier alpha value is -4.15. The molecule has 0 saturated heterocycles. The number of anilines is 1. The van der Waals surface area contributed by atoms with E-state index in [2.05, 4.69) is 24.9 Å². The molecular weight excluding hydrogens is 527 g/mol. The topological polar surface area (TPSA) is 92.2 Å². The molecule has 5 rings (SSSR count). The first-order chi connectivity index (χ1) is 19.0. The molecule has 204 valence electrons. The van der Waals surface area contributed by atoms with Gasteiger partial charge in [0.25, 0.3) is 0 Å². The van der Waals surface area contributed by atoms with Crippen LogP contribution < -0.4 is 15.4 Å². The van der Waals surface area contributed by atoms with Crippen molar-refractivity contribution in [3.8, 4) is 11.8 Å². The third kappa shape index (κ3) is 4.96. The van der Waals surface area contributed by atoms with Crippen LogP contribution in [0.4, 0.5) is 10.1 Å². The molecule has 0 amide bonds. The highest BCUT2D eigenvalue weighted by atomic mass is 35.5. The van der Waals surface area contributed by atoms with Crippen LogP contribution in [0.15, 0.2) is 77.5 Å². The van der Waals surface area contributed by atoms with Crippen LogP contribution in [0.5, 0.6) is 5.75 Å². The molecular formula is C32H30ClFN4O2. The second-order valence-electron chi connectivity index (χ2n) is 11.2. The number of rotatable bonds is 5. The van der Waals surface area contributed by atoms with Gasteiger partial charge in [0.05, 0.1) is 34.5 Å². The van der Waals surface area contributed by atoms with E-state index in [0.717, 1.165) is 28.0 Å². The van der Waals surface area contributed by atoms with Gasteiger partial charge in [-0.05, 0) is 72.7 Å². The molecule has 40 heavy (non-hydrogen) atoms. The summed E-state index contributed by atoms with van der Waals surface area (Å²) in [6.45, 7) is 8.23. The van der Waals surface area contributed by atoms with Crippen LogP contribution in [0.1, 0.15) is 54.9 Å². The molecule has 1 aliphatic heterocycles. The van der Waals surface area contributed by atoms with Crippen LogP contribution in [-0.4, -0.2) is 10.8 Å². The van der Waals surface area contributed by atoms with Crippen LogP contribution in [-0.2, 0) is 11.4 Å². The molecule has 8 heteroatoms. The molecule has 2 heterocycles. The van der Waals surface area contributed by atoms with Crippen molar-refractivity contribution >= 4 is 23.1 Å². The zero-order valence-corrected chi connectivity index (χ0v) is 23.6. The van der Waals surface area contributed by atoms with E-state index >= 15 is 0 Å². The van der Waals surface area contributed by atoms with Crippen molar-refractivity contribution in [1.82, 2.24) is 4.98 Å². The largest absolute Gasteiger partial charge is 0.487 e. The van der Waals surface area contributed by atoms with Gasteiger partial charge in [-0.1, -0.05) is 43.1 Å². The number of nitrogens with two attached hydrogens (primary N) is 1. The number of nitrogens with zero attached hydrogens (tertiary/aromatic N) is 3. The highest BCUT2D eigenvalue weighted by Crippen LogP contribution is 2.51. The van der Waals surface area contributed by atoms with Crippen molar-refractivity contribution < 1.29 is 13.9 Å². The number of ether oxygens (including phenoxy) is 1. The number of hydrogen-bond acceptors (Lipinski definition) is 6. The molecule has 3 aromatic rings. The minimum absolute atomic E-state index is 0.00203. The van der Waals surface area contributed by atoms with Gasteiger partial charge in [-0.15, -0.1) is 0 Å². The molecule has 1 unspecified atom stereocenters. The first kappa shape index (κ1) is 27.4. The SMILES string of the molecule is Cc1cc(COc2ccc(F)cc2Cl)c(C)c(C2C(C#N)=C(N)N(c3cccnc3)C3=C2C(=O)CC(C)(C)C3)c1. The quantitative estimate of drug-likeness (QED) is 0.363. The summed E-state index contributed by atoms with van der Waals surface area (Å²) in [7, 11) is 0. The number of pyridine rings is 1. The summed E-state index contributed by atoms with van der Waals surface area (Å²) >= 11 is 6.18. The van der Waals surface area contributed by atoms with E-state index < -0.39 is 11.7 Å². The second-order valence-corrected chi connectivity index (χ2v) is 11.6. The molecule has 2 aliphatic rings. The Morgan fingerprint density at radius 1 is 1.23 bits per heavy atom. The zero-order chi connectivity index (χ0) is 28.8. The Balaban J connectivity index is 1.66. The highest BCUT2D eigenvalue weighted by Gasteiger charge is 2.45. The summed E-state index contributed by atoms with van der Waals surface area (Å²) in [5.41, 5.74) is 12.4. The van der Waals surface area contributed by atoms with Gasteiger partial charge in [-0.25, -0.2) is 4.39 Å². The van der Waals surface area contributed by atoms with Gasteiger partial charge in [0.2, 0.25) is 0 Å². The van der Waals surface area contributed by atoms with Gasteiger partial charge in [0, 0.05) is 23.9 Å². The number of aryl methyl sites for hydroxylation is 1. The van der Waals surface area contributed by atoms with E-state index in [1.807, 2.05) is 36.9 Å². The summed E-state index contributed by atoms with van der Waals surface area (Å²) in [5, 5.41) is 10.6. The van der Waals surface area contributed by atoms with Crippen molar-refractivity contribution in [2.45, 2.75) is 53.1 Å². The lowest BCUT2D eigenvalue weighted by Crippen LogP contribution is -2.42. The number of hydrogen-bond donors (Lipinski definition) is 1. The number of ketones is 1. The summed E-state index contributed by atoms with van der Waals surface area (Å²) < 4.78 is 19.5. The number of Topliss-reactive ketones (excluding diaryl/α,β-unsaturated/α-hetero) is 1. The molecule has 6 nitrogen and oxygen atoms in total. The molecule has 1 aromatic heterocycles. The number of nitriles is 1. The molecule has 2 N–H and O–H groups in total. The van der Waals surface area contributed by atoms with Gasteiger partial charge in [0.15, 0.2) is 5.78 Å². The number of halogens is 2. The molecule has 0 fully saturated rings. The smallest absolute Gasteiger partial charge is 0.162 e. The Morgan fingerprint density at radius 3 is 2.67 bits per heavy atom. The summed E-state index contributed by atoms with van der Waals surface area (Å²) in [6.07, 6.45) is 4.34. The lowest BCUT2D eigenvalue weighted by atomic mass is 9.68. The Labute approximate surface area is 238 Å². The maximum Gasteiger partial charge on any atom is 0.162 e. The first-order valence-corrected chi connectivity index (χ1v) is 13.4. The average Bonchev–Trinajstić information content (AvgIpc) is 2.89. The van der Waals surface area contributed by atoms with Crippen LogP contribution >= 0.6 is 11.6 Å². The van der Waals surface area contributed by atoms with Gasteiger partial charge in [-0.3, -0.25) is 14.7 Å². The van der Waals surface area contributed by atoms with Crippen molar-refractivity contribution in [3.63, 3.8) is 0 Å². The standard InChI is InChI=1S/C32H30ClFN4O2/c1-18-10-20(17-40-28-8-7-21(34)12-25(28)33)19(2)23(11-18)29-24(15-35)31(36)38(22-6-5-9-37-16-22)26-13-32(3,4)14-27(39)30(26)29/h5-12,16,29H,13-14,17,36H2,1-4H3.